The number of imidazole rings is 1. The summed E-state index contributed by atoms with van der Waals surface area (Å²) < 4.78 is 2.09. The number of aromatic nitrogens is 2. The lowest BCUT2D eigenvalue weighted by atomic mass is 9.84. The van der Waals surface area contributed by atoms with Gasteiger partial charge in [-0.1, -0.05) is 12.8 Å². The molecule has 1 atom stereocenters. The van der Waals surface area contributed by atoms with Gasteiger partial charge in [0.1, 0.15) is 5.82 Å². The largest absolute Gasteiger partial charge is 0.338 e. The van der Waals surface area contributed by atoms with Crippen LogP contribution in [0.5, 0.6) is 0 Å². The molecule has 0 amide bonds. The third-order valence-corrected chi connectivity index (χ3v) is 4.65. The van der Waals surface area contributed by atoms with Crippen molar-refractivity contribution in [3.05, 3.63) is 18.2 Å². The van der Waals surface area contributed by atoms with Crippen molar-refractivity contribution < 1.29 is 0 Å². The van der Waals surface area contributed by atoms with Crippen LogP contribution < -0.4 is 5.73 Å². The average Bonchev–Trinajstić information content (AvgIpc) is 2.95. The normalized spacial score (nSPS) is 20.5. The quantitative estimate of drug-likeness (QED) is 0.862. The van der Waals surface area contributed by atoms with E-state index >= 15 is 0 Å². The molecule has 4 heteroatoms. The molecule has 18 heavy (non-hydrogen) atoms. The summed E-state index contributed by atoms with van der Waals surface area (Å²) in [6.07, 6.45) is 11.0. The molecule has 1 aliphatic carbocycles. The van der Waals surface area contributed by atoms with Crippen LogP contribution in [0.15, 0.2) is 12.4 Å². The second-order valence-corrected chi connectivity index (χ2v) is 5.80. The van der Waals surface area contributed by atoms with E-state index in [1.165, 1.54) is 25.7 Å². The zero-order valence-electron chi connectivity index (χ0n) is 11.9. The Hall–Kier alpha value is -0.870. The molecule has 4 nitrogen and oxygen atoms in total. The minimum atomic E-state index is 0.213. The summed E-state index contributed by atoms with van der Waals surface area (Å²) in [4.78, 5) is 6.73. The number of aryl methyl sites for hydroxylation is 2. The highest BCUT2D eigenvalue weighted by Crippen LogP contribution is 2.37. The Kier molecular flexibility index (Phi) is 4.07. The molecule has 0 spiro atoms. The lowest BCUT2D eigenvalue weighted by molar-refractivity contribution is 0.118. The van der Waals surface area contributed by atoms with Gasteiger partial charge in [0.05, 0.1) is 0 Å². The smallest absolute Gasteiger partial charge is 0.108 e. The number of hydrogen-bond acceptors (Lipinski definition) is 3. The Morgan fingerprint density at radius 2 is 2.11 bits per heavy atom. The first kappa shape index (κ1) is 13.6. The summed E-state index contributed by atoms with van der Waals surface area (Å²) in [5.74, 6) is 1.14. The van der Waals surface area contributed by atoms with Crippen LogP contribution in [0.3, 0.4) is 0 Å². The van der Waals surface area contributed by atoms with Crippen molar-refractivity contribution in [3.63, 3.8) is 0 Å². The van der Waals surface area contributed by atoms with E-state index in [0.717, 1.165) is 18.7 Å². The number of likely N-dealkylation sites (N-methyl/N-ethyl adjacent to an activating group) is 1. The fourth-order valence-electron chi connectivity index (χ4n) is 3.33. The van der Waals surface area contributed by atoms with Crippen LogP contribution in [0, 0.1) is 0 Å². The summed E-state index contributed by atoms with van der Waals surface area (Å²) in [5.41, 5.74) is 6.72. The van der Waals surface area contributed by atoms with E-state index in [2.05, 4.69) is 28.5 Å². The van der Waals surface area contributed by atoms with Gasteiger partial charge in [0.15, 0.2) is 0 Å². The average molecular weight is 250 g/mol. The molecule has 2 N–H and O–H groups in total. The van der Waals surface area contributed by atoms with Crippen LogP contribution in [0.1, 0.15) is 37.9 Å². The van der Waals surface area contributed by atoms with Crippen LogP contribution >= 0.6 is 0 Å². The molecule has 2 rings (SSSR count). The molecule has 1 unspecified atom stereocenters. The van der Waals surface area contributed by atoms with Crippen molar-refractivity contribution in [1.29, 1.82) is 0 Å². The summed E-state index contributed by atoms with van der Waals surface area (Å²) in [6.45, 7) is 0. The molecule has 0 saturated heterocycles. The monoisotopic (exact) mass is 250 g/mol. The Morgan fingerprint density at radius 3 is 2.61 bits per heavy atom. The molecular formula is C14H26N4. The van der Waals surface area contributed by atoms with Gasteiger partial charge in [-0.25, -0.2) is 4.98 Å². The van der Waals surface area contributed by atoms with Crippen molar-refractivity contribution in [2.75, 3.05) is 14.1 Å². The Balaban J connectivity index is 1.98. The zero-order chi connectivity index (χ0) is 13.2. The summed E-state index contributed by atoms with van der Waals surface area (Å²) in [6, 6.07) is 0.242. The van der Waals surface area contributed by atoms with Crippen LogP contribution in [-0.2, 0) is 13.5 Å². The molecule has 102 valence electrons. The maximum Gasteiger partial charge on any atom is 0.108 e. The van der Waals surface area contributed by atoms with Gasteiger partial charge in [-0.3, -0.25) is 0 Å². The first-order valence-corrected chi connectivity index (χ1v) is 6.95. The lowest BCUT2D eigenvalue weighted by Crippen LogP contribution is -2.55. The van der Waals surface area contributed by atoms with Crippen molar-refractivity contribution >= 4 is 0 Å². The minimum absolute atomic E-state index is 0.213. The van der Waals surface area contributed by atoms with Crippen LogP contribution in [0.25, 0.3) is 0 Å². The Bertz CT molecular complexity index is 377. The third-order valence-electron chi connectivity index (χ3n) is 4.65. The van der Waals surface area contributed by atoms with E-state index < -0.39 is 0 Å². The van der Waals surface area contributed by atoms with Gasteiger partial charge in [0.25, 0.3) is 0 Å². The molecule has 0 bridgehead atoms. The molecule has 1 aliphatic rings. The van der Waals surface area contributed by atoms with E-state index in [4.69, 9.17) is 5.73 Å². The molecular weight excluding hydrogens is 224 g/mol. The molecule has 0 aromatic carbocycles. The fraction of sp³-hybridized carbons (Fsp3) is 0.786. The molecule has 1 saturated carbocycles. The highest BCUT2D eigenvalue weighted by molar-refractivity contribution is 5.02. The molecule has 0 aliphatic heterocycles. The maximum absolute atomic E-state index is 6.50. The van der Waals surface area contributed by atoms with E-state index in [1.54, 1.807) is 0 Å². The first-order chi connectivity index (χ1) is 8.56. The van der Waals surface area contributed by atoms with Crippen LogP contribution in [0.4, 0.5) is 0 Å². The number of rotatable bonds is 5. The molecule has 1 aromatic heterocycles. The first-order valence-electron chi connectivity index (χ1n) is 6.95. The second kappa shape index (κ2) is 5.41. The Labute approximate surface area is 110 Å². The van der Waals surface area contributed by atoms with Gasteiger partial charge in [-0.05, 0) is 33.4 Å². The van der Waals surface area contributed by atoms with Gasteiger partial charge in [-0.15, -0.1) is 0 Å². The van der Waals surface area contributed by atoms with Gasteiger partial charge >= 0.3 is 0 Å². The molecule has 1 aromatic rings. The zero-order valence-corrected chi connectivity index (χ0v) is 11.9. The summed E-state index contributed by atoms with van der Waals surface area (Å²) in [5, 5.41) is 0. The van der Waals surface area contributed by atoms with Gasteiger partial charge < -0.3 is 15.2 Å². The minimum Gasteiger partial charge on any atom is -0.338 e. The molecule has 0 radical (unpaired) electrons. The number of hydrogen-bond donors (Lipinski definition) is 1. The summed E-state index contributed by atoms with van der Waals surface area (Å²) >= 11 is 0. The van der Waals surface area contributed by atoms with Gasteiger partial charge in [-0.2, -0.15) is 0 Å². The van der Waals surface area contributed by atoms with Crippen molar-refractivity contribution in [3.8, 4) is 0 Å². The third kappa shape index (κ3) is 2.45. The predicted molar refractivity (Wildman–Crippen MR) is 74.4 cm³/mol. The van der Waals surface area contributed by atoms with Crippen molar-refractivity contribution in [2.45, 2.75) is 50.1 Å². The van der Waals surface area contributed by atoms with Gasteiger partial charge in [0.2, 0.25) is 0 Å². The topological polar surface area (TPSA) is 47.1 Å². The maximum atomic E-state index is 6.50. The lowest BCUT2D eigenvalue weighted by Gasteiger charge is -2.41. The summed E-state index contributed by atoms with van der Waals surface area (Å²) in [7, 11) is 6.39. The van der Waals surface area contributed by atoms with Gasteiger partial charge in [0, 0.05) is 37.4 Å². The molecule has 1 fully saturated rings. The number of nitrogens with two attached hydrogens (primary N) is 1. The predicted octanol–water partition coefficient (Wildman–Crippen LogP) is 1.55. The van der Waals surface area contributed by atoms with Crippen molar-refractivity contribution in [2.24, 2.45) is 12.8 Å². The second-order valence-electron chi connectivity index (χ2n) is 5.80. The number of nitrogens with zero attached hydrogens (tertiary/aromatic N) is 3. The fourth-order valence-corrected chi connectivity index (χ4v) is 3.33. The van der Waals surface area contributed by atoms with E-state index in [0.29, 0.717) is 0 Å². The highest BCUT2D eigenvalue weighted by atomic mass is 15.2. The van der Waals surface area contributed by atoms with Crippen LogP contribution in [-0.4, -0.2) is 40.1 Å². The Morgan fingerprint density at radius 1 is 1.44 bits per heavy atom. The molecule has 1 heterocycles. The highest BCUT2D eigenvalue weighted by Gasteiger charge is 2.41. The standard InChI is InChI=1S/C14H26N4/c1-17(2)14(8-4-5-9-14)12(15)6-7-13-16-10-11-18(13)3/h10-12H,4-9,15H2,1-3H3. The van der Waals surface area contributed by atoms with E-state index in [-0.39, 0.29) is 11.6 Å². The van der Waals surface area contributed by atoms with Crippen LogP contribution in [0.2, 0.25) is 0 Å². The SMILES string of the molecule is CN(C)C1(C(N)CCc2nccn2C)CCCC1. The van der Waals surface area contributed by atoms with E-state index in [9.17, 15) is 0 Å². The van der Waals surface area contributed by atoms with Crippen molar-refractivity contribution in [1.82, 2.24) is 14.5 Å². The van der Waals surface area contributed by atoms with E-state index in [1.807, 2.05) is 19.4 Å².